The predicted octanol–water partition coefficient (Wildman–Crippen LogP) is 3.43. The Kier molecular flexibility index (Phi) is 4.52. The van der Waals surface area contributed by atoms with Gasteiger partial charge in [-0.15, -0.1) is 0 Å². The smallest absolute Gasteiger partial charge is 0.309 e. The second-order valence-electron chi connectivity index (χ2n) is 4.67. The minimum absolute atomic E-state index is 0.0703. The van der Waals surface area contributed by atoms with Crippen molar-refractivity contribution in [1.82, 2.24) is 0 Å². The molecule has 0 saturated carbocycles. The van der Waals surface area contributed by atoms with Gasteiger partial charge in [0.1, 0.15) is 17.3 Å². The zero-order valence-electron chi connectivity index (χ0n) is 11.7. The van der Waals surface area contributed by atoms with Crippen LogP contribution in [-0.2, 0) is 6.42 Å². The molecule has 5 nitrogen and oxygen atoms in total. The monoisotopic (exact) mass is 281 g/mol. The highest BCUT2D eigenvalue weighted by Gasteiger charge is 2.18. The van der Waals surface area contributed by atoms with E-state index in [0.717, 1.165) is 6.42 Å². The minimum atomic E-state index is -0.519. The van der Waals surface area contributed by atoms with Gasteiger partial charge in [-0.05, 0) is 36.6 Å². The number of hydrogen-bond donors (Lipinski definition) is 1. The standard InChI is InChI=1S/C16H15N3O2/c1-12-5-2-3-6-13(12)9-10-18-15-8-4-7-14(11-17)16(15)19(20)21/h2-8,18H,9-10H2,1H3. The summed E-state index contributed by atoms with van der Waals surface area (Å²) in [5.41, 5.74) is 2.68. The van der Waals surface area contributed by atoms with Crippen LogP contribution in [0.1, 0.15) is 16.7 Å². The van der Waals surface area contributed by atoms with Crippen LogP contribution >= 0.6 is 0 Å². The molecular weight excluding hydrogens is 266 g/mol. The fourth-order valence-electron chi connectivity index (χ4n) is 2.20. The van der Waals surface area contributed by atoms with Gasteiger partial charge in [-0.25, -0.2) is 0 Å². The Bertz CT molecular complexity index is 705. The van der Waals surface area contributed by atoms with Crippen molar-refractivity contribution in [2.75, 3.05) is 11.9 Å². The average molecular weight is 281 g/mol. The summed E-state index contributed by atoms with van der Waals surface area (Å²) in [5, 5.41) is 23.1. The van der Waals surface area contributed by atoms with Crippen LogP contribution in [0.15, 0.2) is 42.5 Å². The van der Waals surface area contributed by atoms with E-state index in [9.17, 15) is 10.1 Å². The van der Waals surface area contributed by atoms with Crippen molar-refractivity contribution in [2.24, 2.45) is 0 Å². The molecule has 0 amide bonds. The molecule has 21 heavy (non-hydrogen) atoms. The predicted molar refractivity (Wildman–Crippen MR) is 81.2 cm³/mol. The van der Waals surface area contributed by atoms with E-state index in [-0.39, 0.29) is 11.3 Å². The van der Waals surface area contributed by atoms with E-state index >= 15 is 0 Å². The Labute approximate surface area is 123 Å². The quantitative estimate of drug-likeness (QED) is 0.672. The van der Waals surface area contributed by atoms with Gasteiger partial charge in [0.05, 0.1) is 4.92 Å². The van der Waals surface area contributed by atoms with Gasteiger partial charge in [-0.1, -0.05) is 30.3 Å². The summed E-state index contributed by atoms with van der Waals surface area (Å²) in [5.74, 6) is 0. The van der Waals surface area contributed by atoms with E-state index in [0.29, 0.717) is 12.2 Å². The van der Waals surface area contributed by atoms with Gasteiger partial charge in [0.2, 0.25) is 0 Å². The average Bonchev–Trinajstić information content (AvgIpc) is 2.48. The lowest BCUT2D eigenvalue weighted by atomic mass is 10.1. The molecule has 0 spiro atoms. The number of para-hydroxylation sites is 1. The van der Waals surface area contributed by atoms with Crippen molar-refractivity contribution >= 4 is 11.4 Å². The molecule has 0 fully saturated rings. The Morgan fingerprint density at radius 3 is 2.67 bits per heavy atom. The molecule has 0 aliphatic heterocycles. The van der Waals surface area contributed by atoms with Crippen LogP contribution in [0.5, 0.6) is 0 Å². The zero-order valence-corrected chi connectivity index (χ0v) is 11.7. The maximum atomic E-state index is 11.1. The summed E-state index contributed by atoms with van der Waals surface area (Å²) in [4.78, 5) is 10.6. The number of nitrogens with one attached hydrogen (secondary N) is 1. The van der Waals surface area contributed by atoms with Gasteiger partial charge in [-0.2, -0.15) is 5.26 Å². The molecule has 2 aromatic carbocycles. The number of benzene rings is 2. The fourth-order valence-corrected chi connectivity index (χ4v) is 2.20. The maximum absolute atomic E-state index is 11.1. The second kappa shape index (κ2) is 6.53. The third-order valence-electron chi connectivity index (χ3n) is 3.31. The molecular formula is C16H15N3O2. The van der Waals surface area contributed by atoms with Crippen molar-refractivity contribution in [3.63, 3.8) is 0 Å². The first kappa shape index (κ1) is 14.5. The van der Waals surface area contributed by atoms with Crippen molar-refractivity contribution in [2.45, 2.75) is 13.3 Å². The first-order valence-electron chi connectivity index (χ1n) is 6.59. The molecule has 0 aromatic heterocycles. The number of nitro benzene ring substituents is 1. The fraction of sp³-hybridized carbons (Fsp3) is 0.188. The molecule has 0 unspecified atom stereocenters. The molecule has 5 heteroatoms. The highest BCUT2D eigenvalue weighted by Crippen LogP contribution is 2.27. The first-order valence-corrected chi connectivity index (χ1v) is 6.59. The Balaban J connectivity index is 2.13. The van der Waals surface area contributed by atoms with Crippen LogP contribution in [0.2, 0.25) is 0 Å². The van der Waals surface area contributed by atoms with E-state index in [2.05, 4.69) is 5.32 Å². The Morgan fingerprint density at radius 2 is 2.00 bits per heavy atom. The van der Waals surface area contributed by atoms with Gasteiger partial charge in [-0.3, -0.25) is 10.1 Å². The van der Waals surface area contributed by atoms with Gasteiger partial charge in [0, 0.05) is 6.54 Å². The number of nitro groups is 1. The van der Waals surface area contributed by atoms with Crippen molar-refractivity contribution in [1.29, 1.82) is 5.26 Å². The van der Waals surface area contributed by atoms with Crippen molar-refractivity contribution < 1.29 is 4.92 Å². The number of aryl methyl sites for hydroxylation is 1. The van der Waals surface area contributed by atoms with E-state index in [4.69, 9.17) is 5.26 Å². The molecule has 2 rings (SSSR count). The Morgan fingerprint density at radius 1 is 1.24 bits per heavy atom. The highest BCUT2D eigenvalue weighted by molar-refractivity contribution is 5.68. The van der Waals surface area contributed by atoms with Crippen LogP contribution in [-0.4, -0.2) is 11.5 Å². The van der Waals surface area contributed by atoms with Crippen LogP contribution < -0.4 is 5.32 Å². The molecule has 2 aromatic rings. The molecule has 106 valence electrons. The summed E-state index contributed by atoms with van der Waals surface area (Å²) < 4.78 is 0. The normalized spacial score (nSPS) is 9.90. The largest absolute Gasteiger partial charge is 0.379 e. The van der Waals surface area contributed by atoms with E-state index < -0.39 is 4.92 Å². The molecule has 0 aliphatic carbocycles. The van der Waals surface area contributed by atoms with Gasteiger partial charge >= 0.3 is 5.69 Å². The van der Waals surface area contributed by atoms with Gasteiger partial charge in [0.15, 0.2) is 0 Å². The number of nitrogens with zero attached hydrogens (tertiary/aromatic N) is 2. The van der Waals surface area contributed by atoms with Crippen molar-refractivity contribution in [3.05, 3.63) is 69.3 Å². The third-order valence-corrected chi connectivity index (χ3v) is 3.31. The Hall–Kier alpha value is -2.87. The lowest BCUT2D eigenvalue weighted by Crippen LogP contribution is -2.08. The molecule has 0 aliphatic rings. The highest BCUT2D eigenvalue weighted by atomic mass is 16.6. The topological polar surface area (TPSA) is 79.0 Å². The molecule has 1 N–H and O–H groups in total. The third kappa shape index (κ3) is 3.37. The number of hydrogen-bond acceptors (Lipinski definition) is 4. The van der Waals surface area contributed by atoms with Crippen LogP contribution in [0.3, 0.4) is 0 Å². The van der Waals surface area contributed by atoms with Gasteiger partial charge in [0.25, 0.3) is 0 Å². The summed E-state index contributed by atoms with van der Waals surface area (Å²) in [6, 6.07) is 14.6. The summed E-state index contributed by atoms with van der Waals surface area (Å²) in [6.45, 7) is 2.61. The SMILES string of the molecule is Cc1ccccc1CCNc1cccc(C#N)c1[N+](=O)[O-]. The number of anilines is 1. The lowest BCUT2D eigenvalue weighted by molar-refractivity contribution is -0.384. The van der Waals surface area contributed by atoms with E-state index in [1.54, 1.807) is 12.1 Å². The van der Waals surface area contributed by atoms with E-state index in [1.807, 2.05) is 37.3 Å². The lowest BCUT2D eigenvalue weighted by Gasteiger charge is -2.09. The molecule has 0 heterocycles. The minimum Gasteiger partial charge on any atom is -0.379 e. The number of rotatable bonds is 5. The molecule has 0 saturated heterocycles. The van der Waals surface area contributed by atoms with E-state index in [1.165, 1.54) is 17.2 Å². The van der Waals surface area contributed by atoms with Gasteiger partial charge < -0.3 is 5.32 Å². The number of nitriles is 1. The summed E-state index contributed by atoms with van der Waals surface area (Å²) in [7, 11) is 0. The summed E-state index contributed by atoms with van der Waals surface area (Å²) in [6.07, 6.45) is 0.764. The van der Waals surface area contributed by atoms with Crippen LogP contribution in [0, 0.1) is 28.4 Å². The van der Waals surface area contributed by atoms with Crippen molar-refractivity contribution in [3.8, 4) is 6.07 Å². The summed E-state index contributed by atoms with van der Waals surface area (Å²) >= 11 is 0. The molecule has 0 radical (unpaired) electrons. The van der Waals surface area contributed by atoms with Crippen LogP contribution in [0.25, 0.3) is 0 Å². The van der Waals surface area contributed by atoms with Crippen LogP contribution in [0.4, 0.5) is 11.4 Å². The first-order chi connectivity index (χ1) is 10.1. The maximum Gasteiger partial charge on any atom is 0.309 e. The second-order valence-corrected chi connectivity index (χ2v) is 4.67. The molecule has 0 atom stereocenters. The zero-order chi connectivity index (χ0) is 15.2. The molecule has 0 bridgehead atoms.